The normalized spacial score (nSPS) is 22.2. The molecule has 8 nitrogen and oxygen atoms in total. The Morgan fingerprint density at radius 1 is 1.15 bits per heavy atom. The standard InChI is InChI=1S/C25H30O8/c1-14(26)32-17-11-16(7-5-15-6-8-20(27)23(10-15)30-2)33-22(12-17)19-13-21(28)24(29)25-18(19)4-3-9-31-25/h6,8,10,13,16-17,22,27-29H,3-5,7,9,11-12H2,1-2H3/t16-,17-,22-/m0/s1. The lowest BCUT2D eigenvalue weighted by molar-refractivity contribution is -0.160. The molecule has 3 N–H and O–H groups in total. The van der Waals surface area contributed by atoms with Gasteiger partial charge in [-0.1, -0.05) is 6.07 Å². The van der Waals surface area contributed by atoms with E-state index in [4.69, 9.17) is 18.9 Å². The van der Waals surface area contributed by atoms with Crippen LogP contribution in [0.15, 0.2) is 24.3 Å². The van der Waals surface area contributed by atoms with Crippen LogP contribution in [0.5, 0.6) is 28.7 Å². The molecule has 2 aliphatic heterocycles. The van der Waals surface area contributed by atoms with Crippen molar-refractivity contribution in [2.45, 2.75) is 63.8 Å². The molecule has 0 aliphatic carbocycles. The molecule has 0 bridgehead atoms. The third-order valence-electron chi connectivity index (χ3n) is 6.23. The molecule has 2 aliphatic rings. The summed E-state index contributed by atoms with van der Waals surface area (Å²) in [6.45, 7) is 1.87. The molecule has 0 radical (unpaired) electrons. The van der Waals surface area contributed by atoms with E-state index in [1.54, 1.807) is 12.1 Å². The minimum Gasteiger partial charge on any atom is -0.504 e. The second-order valence-electron chi connectivity index (χ2n) is 8.59. The Kier molecular flexibility index (Phi) is 6.83. The highest BCUT2D eigenvalue weighted by molar-refractivity contribution is 5.66. The second kappa shape index (κ2) is 9.79. The van der Waals surface area contributed by atoms with E-state index in [9.17, 15) is 20.1 Å². The molecule has 8 heteroatoms. The van der Waals surface area contributed by atoms with E-state index in [0.29, 0.717) is 50.2 Å². The quantitative estimate of drug-likeness (QED) is 0.441. The highest BCUT2D eigenvalue weighted by atomic mass is 16.6. The molecule has 2 heterocycles. The Labute approximate surface area is 192 Å². The maximum atomic E-state index is 11.7. The first kappa shape index (κ1) is 23.0. The van der Waals surface area contributed by atoms with Gasteiger partial charge in [-0.05, 0) is 55.0 Å². The molecule has 33 heavy (non-hydrogen) atoms. The smallest absolute Gasteiger partial charge is 0.302 e. The molecule has 4 rings (SSSR count). The SMILES string of the molecule is COc1cc(CC[C@H]2C[C@H](OC(C)=O)C[C@@H](c3cc(O)c(O)c4c3CCCO4)O2)ccc1O. The Bertz CT molecular complexity index is 1020. The van der Waals surface area contributed by atoms with Gasteiger partial charge in [0.1, 0.15) is 6.10 Å². The fraction of sp³-hybridized carbons (Fsp3) is 0.480. The number of phenolic OH excluding ortho intramolecular Hbond substituents is 3. The van der Waals surface area contributed by atoms with Gasteiger partial charge in [0.2, 0.25) is 5.75 Å². The molecule has 0 unspecified atom stereocenters. The summed E-state index contributed by atoms with van der Waals surface area (Å²) in [6, 6.07) is 6.77. The largest absolute Gasteiger partial charge is 0.504 e. The summed E-state index contributed by atoms with van der Waals surface area (Å²) in [4.78, 5) is 11.7. The van der Waals surface area contributed by atoms with Gasteiger partial charge in [-0.15, -0.1) is 0 Å². The van der Waals surface area contributed by atoms with Gasteiger partial charge in [0.05, 0.1) is 25.9 Å². The van der Waals surface area contributed by atoms with Crippen LogP contribution < -0.4 is 9.47 Å². The highest BCUT2D eigenvalue weighted by Crippen LogP contribution is 2.47. The monoisotopic (exact) mass is 458 g/mol. The van der Waals surface area contributed by atoms with Gasteiger partial charge < -0.3 is 34.3 Å². The molecule has 0 amide bonds. The number of aryl methyl sites for hydroxylation is 1. The van der Waals surface area contributed by atoms with Crippen molar-refractivity contribution in [3.63, 3.8) is 0 Å². The van der Waals surface area contributed by atoms with Crippen LogP contribution in [0.25, 0.3) is 0 Å². The number of carbonyl (C=O) groups excluding carboxylic acids is 1. The van der Waals surface area contributed by atoms with Crippen LogP contribution in [0.1, 0.15) is 55.4 Å². The summed E-state index contributed by atoms with van der Waals surface area (Å²) in [7, 11) is 1.51. The van der Waals surface area contributed by atoms with Crippen molar-refractivity contribution >= 4 is 5.97 Å². The van der Waals surface area contributed by atoms with Gasteiger partial charge in [-0.2, -0.15) is 0 Å². The summed E-state index contributed by atoms with van der Waals surface area (Å²) in [6.07, 6.45) is 2.96. The molecule has 2 aromatic carbocycles. The molecule has 1 fully saturated rings. The van der Waals surface area contributed by atoms with Crippen LogP contribution >= 0.6 is 0 Å². The predicted octanol–water partition coefficient (Wildman–Crippen LogP) is 3.92. The van der Waals surface area contributed by atoms with Crippen LogP contribution in [-0.2, 0) is 27.1 Å². The summed E-state index contributed by atoms with van der Waals surface area (Å²) in [5.74, 6) is -0.0396. The van der Waals surface area contributed by atoms with Gasteiger partial charge in [0.15, 0.2) is 23.0 Å². The van der Waals surface area contributed by atoms with E-state index in [1.165, 1.54) is 20.1 Å². The Morgan fingerprint density at radius 2 is 1.97 bits per heavy atom. The van der Waals surface area contributed by atoms with Crippen LogP contribution in [0.3, 0.4) is 0 Å². The summed E-state index contributed by atoms with van der Waals surface area (Å²) in [5.41, 5.74) is 2.58. The number of ether oxygens (including phenoxy) is 4. The van der Waals surface area contributed by atoms with Crippen molar-refractivity contribution in [2.75, 3.05) is 13.7 Å². The summed E-state index contributed by atoms with van der Waals surface area (Å²) < 4.78 is 22.8. The minimum absolute atomic E-state index is 0.0873. The number of phenols is 3. The lowest BCUT2D eigenvalue weighted by Crippen LogP contribution is -2.34. The molecule has 178 valence electrons. The number of esters is 1. The molecule has 3 atom stereocenters. The second-order valence-corrected chi connectivity index (χ2v) is 8.59. The van der Waals surface area contributed by atoms with E-state index in [0.717, 1.165) is 23.1 Å². The molecular formula is C25H30O8. The van der Waals surface area contributed by atoms with Gasteiger partial charge in [0.25, 0.3) is 0 Å². The lowest BCUT2D eigenvalue weighted by atomic mass is 9.88. The zero-order valence-corrected chi connectivity index (χ0v) is 18.9. The maximum Gasteiger partial charge on any atom is 0.302 e. The van der Waals surface area contributed by atoms with Gasteiger partial charge in [-0.25, -0.2) is 0 Å². The minimum atomic E-state index is -0.413. The predicted molar refractivity (Wildman–Crippen MR) is 119 cm³/mol. The first-order chi connectivity index (χ1) is 15.9. The van der Waals surface area contributed by atoms with Crippen LogP contribution in [-0.4, -0.2) is 47.2 Å². The number of hydrogen-bond acceptors (Lipinski definition) is 8. The zero-order valence-electron chi connectivity index (χ0n) is 18.9. The van der Waals surface area contributed by atoms with Crippen molar-refractivity contribution in [1.82, 2.24) is 0 Å². The van der Waals surface area contributed by atoms with E-state index < -0.39 is 6.10 Å². The van der Waals surface area contributed by atoms with Gasteiger partial charge >= 0.3 is 5.97 Å². The van der Waals surface area contributed by atoms with Crippen LogP contribution in [0.4, 0.5) is 0 Å². The Hall–Kier alpha value is -3.13. The van der Waals surface area contributed by atoms with Crippen LogP contribution in [0, 0.1) is 0 Å². The Balaban J connectivity index is 1.56. The number of fused-ring (bicyclic) bond motifs is 1. The summed E-state index contributed by atoms with van der Waals surface area (Å²) >= 11 is 0. The van der Waals surface area contributed by atoms with E-state index in [1.807, 2.05) is 6.07 Å². The lowest BCUT2D eigenvalue weighted by Gasteiger charge is -2.37. The number of hydrogen-bond donors (Lipinski definition) is 3. The fourth-order valence-corrected chi connectivity index (χ4v) is 4.71. The van der Waals surface area contributed by atoms with E-state index >= 15 is 0 Å². The van der Waals surface area contributed by atoms with Crippen molar-refractivity contribution in [2.24, 2.45) is 0 Å². The number of carbonyl (C=O) groups is 1. The van der Waals surface area contributed by atoms with Crippen molar-refractivity contribution < 1.29 is 39.1 Å². The summed E-state index contributed by atoms with van der Waals surface area (Å²) in [5, 5.41) is 30.4. The molecule has 1 saturated heterocycles. The number of rotatable bonds is 6. The third-order valence-corrected chi connectivity index (χ3v) is 6.23. The van der Waals surface area contributed by atoms with E-state index in [-0.39, 0.29) is 35.4 Å². The first-order valence-electron chi connectivity index (χ1n) is 11.2. The molecular weight excluding hydrogens is 428 g/mol. The maximum absolute atomic E-state index is 11.7. The van der Waals surface area contributed by atoms with E-state index in [2.05, 4.69) is 0 Å². The molecule has 0 aromatic heterocycles. The highest BCUT2D eigenvalue weighted by Gasteiger charge is 2.35. The number of methoxy groups -OCH3 is 1. The topological polar surface area (TPSA) is 115 Å². The average Bonchev–Trinajstić information content (AvgIpc) is 2.80. The van der Waals surface area contributed by atoms with Crippen LogP contribution in [0.2, 0.25) is 0 Å². The van der Waals surface area contributed by atoms with Crippen molar-refractivity contribution in [1.29, 1.82) is 0 Å². The zero-order chi connectivity index (χ0) is 23.5. The van der Waals surface area contributed by atoms with Gasteiger partial charge in [0, 0.05) is 25.3 Å². The number of aromatic hydroxyl groups is 3. The Morgan fingerprint density at radius 3 is 2.73 bits per heavy atom. The van der Waals surface area contributed by atoms with Crippen molar-refractivity contribution in [3.8, 4) is 28.7 Å². The molecule has 0 spiro atoms. The first-order valence-corrected chi connectivity index (χ1v) is 11.2. The number of benzene rings is 2. The fourth-order valence-electron chi connectivity index (χ4n) is 4.71. The molecule has 2 aromatic rings. The van der Waals surface area contributed by atoms with Gasteiger partial charge in [-0.3, -0.25) is 4.79 Å². The third kappa shape index (κ3) is 5.11. The molecule has 0 saturated carbocycles. The average molecular weight is 459 g/mol. The van der Waals surface area contributed by atoms with Crippen molar-refractivity contribution in [3.05, 3.63) is 41.0 Å².